The molecule has 1 heterocycles. The van der Waals surface area contributed by atoms with Gasteiger partial charge in [0.05, 0.1) is 11.8 Å². The fourth-order valence-corrected chi connectivity index (χ4v) is 7.62. The molecule has 0 aromatic carbocycles. The van der Waals surface area contributed by atoms with Crippen molar-refractivity contribution in [3.05, 3.63) is 12.2 Å². The van der Waals surface area contributed by atoms with Gasteiger partial charge in [0.15, 0.2) is 0 Å². The number of amides is 1. The zero-order valence-corrected chi connectivity index (χ0v) is 21.4. The predicted molar refractivity (Wildman–Crippen MR) is 123 cm³/mol. The van der Waals surface area contributed by atoms with Crippen molar-refractivity contribution in [1.29, 1.82) is 0 Å². The first-order valence-corrected chi connectivity index (χ1v) is 13.8. The summed E-state index contributed by atoms with van der Waals surface area (Å²) in [7, 11) is -3.06. The fraction of sp³-hybridized carbons (Fsp3) is 0.783. The van der Waals surface area contributed by atoms with Crippen molar-refractivity contribution in [3.63, 3.8) is 0 Å². The molecule has 33 heavy (non-hydrogen) atoms. The van der Waals surface area contributed by atoms with E-state index in [9.17, 15) is 14.4 Å². The Kier molecular flexibility index (Phi) is 11.0. The van der Waals surface area contributed by atoms with Gasteiger partial charge >= 0.3 is 20.7 Å². The van der Waals surface area contributed by atoms with Gasteiger partial charge < -0.3 is 27.7 Å². The largest absolute Gasteiger partial charge is 0.524 e. The number of carbonyl (C=O) groups excluding carboxylic acids is 3. The van der Waals surface area contributed by atoms with E-state index in [1.807, 2.05) is 20.8 Å². The maximum absolute atomic E-state index is 13.6. The molecule has 0 N–H and O–H groups in total. The molecule has 3 atom stereocenters. The van der Waals surface area contributed by atoms with E-state index in [1.165, 1.54) is 0 Å². The molecule has 10 heteroatoms. The molecule has 1 aliphatic carbocycles. The third-order valence-corrected chi connectivity index (χ3v) is 9.53. The highest BCUT2D eigenvalue weighted by molar-refractivity contribution is 6.63. The second-order valence-electron chi connectivity index (χ2n) is 8.32. The smallest absolute Gasteiger partial charge is 0.462 e. The first kappa shape index (κ1) is 27.5. The number of hydrogen-bond donors (Lipinski definition) is 0. The molecule has 1 saturated carbocycles. The third-order valence-electron chi connectivity index (χ3n) is 6.04. The molecule has 0 aromatic rings. The quantitative estimate of drug-likeness (QED) is 0.170. The lowest BCUT2D eigenvalue weighted by atomic mass is 9.78. The minimum atomic E-state index is -3.06. The molecular formula is C23H39NO8Si. The lowest BCUT2D eigenvalue weighted by Gasteiger charge is -2.49. The summed E-state index contributed by atoms with van der Waals surface area (Å²) in [5.74, 6) is -1.95. The van der Waals surface area contributed by atoms with E-state index in [2.05, 4.69) is 6.58 Å². The SMILES string of the molecule is C=C(C)C(=O)OCCOC(=O)C1CCCCC1C(=O)N1CCC1[Si](OCC)(OCC)OCC. The summed E-state index contributed by atoms with van der Waals surface area (Å²) in [6.45, 7) is 12.6. The Bertz CT molecular complexity index is 683. The highest BCUT2D eigenvalue weighted by Crippen LogP contribution is 2.37. The van der Waals surface area contributed by atoms with Crippen LogP contribution in [-0.4, -0.2) is 76.8 Å². The number of nitrogens with zero attached hydrogens (tertiary/aromatic N) is 1. The van der Waals surface area contributed by atoms with Crippen LogP contribution in [0.5, 0.6) is 0 Å². The Morgan fingerprint density at radius 3 is 1.91 bits per heavy atom. The maximum Gasteiger partial charge on any atom is 0.524 e. The summed E-state index contributed by atoms with van der Waals surface area (Å²) in [5.41, 5.74) is 0.0548. The van der Waals surface area contributed by atoms with Gasteiger partial charge in [-0.1, -0.05) is 19.4 Å². The molecule has 1 aliphatic heterocycles. The third kappa shape index (κ3) is 6.88. The van der Waals surface area contributed by atoms with E-state index in [0.29, 0.717) is 39.2 Å². The van der Waals surface area contributed by atoms with Crippen LogP contribution in [-0.2, 0) is 37.1 Å². The van der Waals surface area contributed by atoms with Gasteiger partial charge in [-0.15, -0.1) is 0 Å². The van der Waals surface area contributed by atoms with Crippen molar-refractivity contribution >= 4 is 26.7 Å². The average Bonchev–Trinajstić information content (AvgIpc) is 2.76. The van der Waals surface area contributed by atoms with E-state index >= 15 is 0 Å². The number of ether oxygens (including phenoxy) is 2. The molecule has 0 spiro atoms. The van der Waals surface area contributed by atoms with Crippen molar-refractivity contribution in [2.24, 2.45) is 11.8 Å². The molecule has 2 fully saturated rings. The van der Waals surface area contributed by atoms with Gasteiger partial charge in [-0.2, -0.15) is 0 Å². The molecule has 0 bridgehead atoms. The lowest BCUT2D eigenvalue weighted by molar-refractivity contribution is -0.162. The van der Waals surface area contributed by atoms with E-state index < -0.39 is 32.6 Å². The van der Waals surface area contributed by atoms with Crippen LogP contribution in [0, 0.1) is 11.8 Å². The standard InChI is InChI=1S/C23H39NO8Si/c1-6-30-33(31-7-2,32-8-3)20-13-14-24(20)21(25)18-11-9-10-12-19(18)23(27)29-16-15-28-22(26)17(4)5/h18-20H,4,6-16H2,1-3,5H3. The minimum Gasteiger partial charge on any atom is -0.462 e. The Labute approximate surface area is 198 Å². The molecule has 3 unspecified atom stereocenters. The molecule has 1 amide bonds. The highest BCUT2D eigenvalue weighted by atomic mass is 28.4. The van der Waals surface area contributed by atoms with Crippen LogP contribution in [0.3, 0.4) is 0 Å². The summed E-state index contributed by atoms with van der Waals surface area (Å²) in [6, 6.07) is 0. The van der Waals surface area contributed by atoms with Crippen LogP contribution in [0.2, 0.25) is 0 Å². The summed E-state index contributed by atoms with van der Waals surface area (Å²) in [5, 5.41) is 0. The van der Waals surface area contributed by atoms with Gasteiger partial charge in [-0.05, 0) is 47.0 Å². The summed E-state index contributed by atoms with van der Waals surface area (Å²) in [6.07, 6.45) is 3.75. The van der Waals surface area contributed by atoms with Gasteiger partial charge in [0.1, 0.15) is 18.9 Å². The summed E-state index contributed by atoms with van der Waals surface area (Å²) < 4.78 is 28.4. The van der Waals surface area contributed by atoms with Crippen molar-refractivity contribution in [2.45, 2.75) is 65.5 Å². The summed E-state index contributed by atoms with van der Waals surface area (Å²) >= 11 is 0. The zero-order valence-electron chi connectivity index (χ0n) is 20.4. The fourth-order valence-electron chi connectivity index (χ4n) is 4.46. The monoisotopic (exact) mass is 485 g/mol. The Hall–Kier alpha value is -1.75. The molecule has 188 valence electrons. The van der Waals surface area contributed by atoms with Crippen LogP contribution >= 0.6 is 0 Å². The number of rotatable bonds is 13. The number of carbonyl (C=O) groups is 3. The topological polar surface area (TPSA) is 101 Å². The van der Waals surface area contributed by atoms with Crippen LogP contribution in [0.4, 0.5) is 0 Å². The number of esters is 2. The Morgan fingerprint density at radius 2 is 1.42 bits per heavy atom. The van der Waals surface area contributed by atoms with Crippen molar-refractivity contribution in [2.75, 3.05) is 39.6 Å². The molecule has 1 saturated heterocycles. The van der Waals surface area contributed by atoms with Crippen LogP contribution in [0.1, 0.15) is 59.8 Å². The summed E-state index contributed by atoms with van der Waals surface area (Å²) in [4.78, 5) is 39.6. The minimum absolute atomic E-state index is 0.0395. The zero-order chi connectivity index (χ0) is 24.4. The second kappa shape index (κ2) is 13.2. The lowest BCUT2D eigenvalue weighted by Crippen LogP contribution is -2.70. The second-order valence-corrected chi connectivity index (χ2v) is 11.1. The molecular weight excluding hydrogens is 446 g/mol. The van der Waals surface area contributed by atoms with Crippen molar-refractivity contribution < 1.29 is 37.1 Å². The Morgan fingerprint density at radius 1 is 0.879 bits per heavy atom. The number of likely N-dealkylation sites (tertiary alicyclic amines) is 1. The van der Waals surface area contributed by atoms with Crippen molar-refractivity contribution in [1.82, 2.24) is 4.90 Å². The normalized spacial score (nSPS) is 22.9. The predicted octanol–water partition coefficient (Wildman–Crippen LogP) is 2.64. The van der Waals surface area contributed by atoms with Crippen LogP contribution < -0.4 is 0 Å². The van der Waals surface area contributed by atoms with E-state index in [-0.39, 0.29) is 30.4 Å². The molecule has 0 aromatic heterocycles. The average molecular weight is 486 g/mol. The van der Waals surface area contributed by atoms with Gasteiger partial charge in [0.25, 0.3) is 0 Å². The van der Waals surface area contributed by atoms with Crippen LogP contribution in [0.25, 0.3) is 0 Å². The molecule has 9 nitrogen and oxygen atoms in total. The van der Waals surface area contributed by atoms with Crippen LogP contribution in [0.15, 0.2) is 12.2 Å². The maximum atomic E-state index is 13.6. The van der Waals surface area contributed by atoms with Gasteiger partial charge in [-0.25, -0.2) is 4.79 Å². The van der Waals surface area contributed by atoms with E-state index in [0.717, 1.165) is 19.3 Å². The molecule has 0 radical (unpaired) electrons. The Balaban J connectivity index is 2.04. The first-order chi connectivity index (χ1) is 15.8. The van der Waals surface area contributed by atoms with Crippen molar-refractivity contribution in [3.8, 4) is 0 Å². The van der Waals surface area contributed by atoms with E-state index in [1.54, 1.807) is 11.8 Å². The molecule has 2 aliphatic rings. The number of hydrogen-bond acceptors (Lipinski definition) is 8. The first-order valence-electron chi connectivity index (χ1n) is 12.0. The van der Waals surface area contributed by atoms with Gasteiger partial charge in [0.2, 0.25) is 5.91 Å². The van der Waals surface area contributed by atoms with Gasteiger partial charge in [0, 0.05) is 31.9 Å². The van der Waals surface area contributed by atoms with Gasteiger partial charge in [-0.3, -0.25) is 9.59 Å². The highest BCUT2D eigenvalue weighted by Gasteiger charge is 2.58. The van der Waals surface area contributed by atoms with E-state index in [4.69, 9.17) is 22.8 Å². The molecule has 2 rings (SSSR count).